The van der Waals surface area contributed by atoms with Gasteiger partial charge in [-0.25, -0.2) is 4.99 Å². The van der Waals surface area contributed by atoms with E-state index < -0.39 is 35.0 Å². The van der Waals surface area contributed by atoms with E-state index in [-0.39, 0.29) is 35.8 Å². The molecule has 0 heterocycles. The average molecular weight is 524 g/mol. The van der Waals surface area contributed by atoms with Crippen LogP contribution in [0.15, 0.2) is 59.6 Å². The van der Waals surface area contributed by atoms with Gasteiger partial charge in [0.1, 0.15) is 18.0 Å². The number of nitrogens with two attached hydrogens (primary N) is 2. The number of hydrogen-bond acceptors (Lipinski definition) is 3. The van der Waals surface area contributed by atoms with E-state index in [0.29, 0.717) is 12.1 Å². The fourth-order valence-electron chi connectivity index (χ4n) is 3.34. The van der Waals surface area contributed by atoms with E-state index in [9.17, 15) is 31.1 Å². The van der Waals surface area contributed by atoms with Gasteiger partial charge in [0.15, 0.2) is 5.96 Å². The fourth-order valence-corrected chi connectivity index (χ4v) is 3.34. The van der Waals surface area contributed by atoms with Gasteiger partial charge >= 0.3 is 12.4 Å². The summed E-state index contributed by atoms with van der Waals surface area (Å²) in [6.07, 6.45) is -10.2. The molecule has 1 amide bonds. The molecule has 0 aliphatic carbocycles. The molecule has 37 heavy (non-hydrogen) atoms. The molecule has 0 saturated carbocycles. The number of carbonyl (C=O) groups is 1. The minimum atomic E-state index is -5.09. The molecule has 5 N–H and O–H groups in total. The molecule has 3 rings (SSSR count). The van der Waals surface area contributed by atoms with Gasteiger partial charge in [-0.2, -0.15) is 26.3 Å². The molecular formula is C25H22F6N4O2. The van der Waals surface area contributed by atoms with E-state index in [1.807, 2.05) is 32.0 Å². The second-order valence-electron chi connectivity index (χ2n) is 8.19. The molecule has 3 aromatic rings. The number of halogens is 6. The molecule has 0 radical (unpaired) electrons. The van der Waals surface area contributed by atoms with E-state index in [1.54, 1.807) is 0 Å². The molecule has 3 aromatic carbocycles. The number of anilines is 1. The van der Waals surface area contributed by atoms with Crippen molar-refractivity contribution in [3.05, 3.63) is 88.0 Å². The number of benzene rings is 3. The number of alkyl halides is 6. The Hall–Kier alpha value is -4.22. The summed E-state index contributed by atoms with van der Waals surface area (Å²) < 4.78 is 84.8. The van der Waals surface area contributed by atoms with Crippen molar-refractivity contribution in [2.24, 2.45) is 16.5 Å². The third kappa shape index (κ3) is 7.15. The Kier molecular flexibility index (Phi) is 7.70. The SMILES string of the molecule is Cc1ccc(C)c(COc2cc(NC(=O)c3cc(C(F)(F)F)cc(C(F)(F)F)c3)ccc2N=C(N)N)c1. The number of aryl methyl sites for hydroxylation is 2. The number of amides is 1. The van der Waals surface area contributed by atoms with E-state index in [1.165, 1.54) is 18.2 Å². The average Bonchev–Trinajstić information content (AvgIpc) is 2.79. The van der Waals surface area contributed by atoms with Gasteiger partial charge in [-0.1, -0.05) is 23.8 Å². The highest BCUT2D eigenvalue weighted by atomic mass is 19.4. The summed E-state index contributed by atoms with van der Waals surface area (Å²) in [5.41, 5.74) is 9.90. The van der Waals surface area contributed by atoms with Gasteiger partial charge in [-0.3, -0.25) is 4.79 Å². The van der Waals surface area contributed by atoms with Gasteiger partial charge in [-0.05, 0) is 55.3 Å². The first-order chi connectivity index (χ1) is 17.1. The number of aliphatic imine (C=N–C) groups is 1. The summed E-state index contributed by atoms with van der Waals surface area (Å²) in [5.74, 6) is -1.35. The Labute approximate surface area is 207 Å². The Morgan fingerprint density at radius 1 is 0.892 bits per heavy atom. The zero-order valence-electron chi connectivity index (χ0n) is 19.6. The Bertz CT molecular complexity index is 1310. The Morgan fingerprint density at radius 2 is 1.51 bits per heavy atom. The maximum atomic E-state index is 13.2. The van der Waals surface area contributed by atoms with Crippen molar-refractivity contribution < 1.29 is 35.9 Å². The van der Waals surface area contributed by atoms with E-state index in [4.69, 9.17) is 16.2 Å². The lowest BCUT2D eigenvalue weighted by molar-refractivity contribution is -0.143. The molecule has 12 heteroatoms. The first kappa shape index (κ1) is 27.4. The van der Waals surface area contributed by atoms with Crippen molar-refractivity contribution in [3.63, 3.8) is 0 Å². The second kappa shape index (κ2) is 10.4. The molecule has 0 atom stereocenters. The third-order valence-electron chi connectivity index (χ3n) is 5.20. The van der Waals surface area contributed by atoms with Gasteiger partial charge < -0.3 is 21.5 Å². The smallest absolute Gasteiger partial charge is 0.416 e. The summed E-state index contributed by atoms with van der Waals surface area (Å²) >= 11 is 0. The van der Waals surface area contributed by atoms with Crippen molar-refractivity contribution in [1.82, 2.24) is 0 Å². The highest BCUT2D eigenvalue weighted by Gasteiger charge is 2.37. The van der Waals surface area contributed by atoms with Gasteiger partial charge in [0, 0.05) is 17.3 Å². The number of ether oxygens (including phenoxy) is 1. The van der Waals surface area contributed by atoms with Crippen LogP contribution in [0, 0.1) is 13.8 Å². The van der Waals surface area contributed by atoms with Crippen molar-refractivity contribution in [1.29, 1.82) is 0 Å². The van der Waals surface area contributed by atoms with Gasteiger partial charge in [0.05, 0.1) is 11.1 Å². The molecule has 0 fully saturated rings. The third-order valence-corrected chi connectivity index (χ3v) is 5.20. The summed E-state index contributed by atoms with van der Waals surface area (Å²) in [5, 5.41) is 2.29. The Morgan fingerprint density at radius 3 is 2.08 bits per heavy atom. The quantitative estimate of drug-likeness (QED) is 0.207. The molecule has 0 aromatic heterocycles. The van der Waals surface area contributed by atoms with Crippen molar-refractivity contribution in [3.8, 4) is 5.75 Å². The van der Waals surface area contributed by atoms with E-state index in [0.717, 1.165) is 16.7 Å². The van der Waals surface area contributed by atoms with Gasteiger partial charge in [-0.15, -0.1) is 0 Å². The first-order valence-electron chi connectivity index (χ1n) is 10.7. The summed E-state index contributed by atoms with van der Waals surface area (Å²) in [7, 11) is 0. The number of rotatable bonds is 6. The number of nitrogens with one attached hydrogen (secondary N) is 1. The number of hydrogen-bond donors (Lipinski definition) is 3. The second-order valence-corrected chi connectivity index (χ2v) is 8.19. The molecular weight excluding hydrogens is 502 g/mol. The molecule has 0 saturated heterocycles. The lowest BCUT2D eigenvalue weighted by Gasteiger charge is -2.15. The highest BCUT2D eigenvalue weighted by molar-refractivity contribution is 6.04. The zero-order chi connectivity index (χ0) is 27.5. The minimum Gasteiger partial charge on any atom is -0.487 e. The lowest BCUT2D eigenvalue weighted by Crippen LogP contribution is -2.22. The summed E-state index contributed by atoms with van der Waals surface area (Å²) in [6.45, 7) is 3.89. The van der Waals surface area contributed by atoms with Crippen LogP contribution in [0.25, 0.3) is 0 Å². The summed E-state index contributed by atoms with van der Waals surface area (Å²) in [6, 6.07) is 10.4. The van der Waals surface area contributed by atoms with Crippen LogP contribution in [0.5, 0.6) is 5.75 Å². The highest BCUT2D eigenvalue weighted by Crippen LogP contribution is 2.37. The standard InChI is InChI=1S/C25H22F6N4O2/c1-13-3-4-14(2)16(7-13)12-37-21-11-19(5-6-20(21)35-23(32)33)34-22(36)15-8-17(24(26,27)28)10-18(9-15)25(29,30)31/h3-11H,12H2,1-2H3,(H,34,36)(H4,32,33,35). The lowest BCUT2D eigenvalue weighted by atomic mass is 10.0. The van der Waals surface area contributed by atoms with Crippen LogP contribution < -0.4 is 21.5 Å². The molecule has 0 spiro atoms. The molecule has 6 nitrogen and oxygen atoms in total. The van der Waals surface area contributed by atoms with Gasteiger partial charge in [0.25, 0.3) is 5.91 Å². The maximum absolute atomic E-state index is 13.2. The molecule has 0 bridgehead atoms. The predicted molar refractivity (Wildman–Crippen MR) is 127 cm³/mol. The normalized spacial score (nSPS) is 11.7. The van der Waals surface area contributed by atoms with Crippen LogP contribution in [0.1, 0.15) is 38.2 Å². The number of carbonyl (C=O) groups excluding carboxylic acids is 1. The van der Waals surface area contributed by atoms with Crippen molar-refractivity contribution >= 4 is 23.2 Å². The number of nitrogens with zero attached hydrogens (tertiary/aromatic N) is 1. The first-order valence-corrected chi connectivity index (χ1v) is 10.7. The monoisotopic (exact) mass is 524 g/mol. The number of guanidine groups is 1. The van der Waals surface area contributed by atoms with Crippen molar-refractivity contribution in [2.75, 3.05) is 5.32 Å². The van der Waals surface area contributed by atoms with E-state index >= 15 is 0 Å². The Balaban J connectivity index is 1.94. The minimum absolute atomic E-state index is 0.0291. The van der Waals surface area contributed by atoms with Crippen LogP contribution in [0.2, 0.25) is 0 Å². The summed E-state index contributed by atoms with van der Waals surface area (Å²) in [4.78, 5) is 16.6. The van der Waals surface area contributed by atoms with Crippen LogP contribution >= 0.6 is 0 Å². The predicted octanol–water partition coefficient (Wildman–Crippen LogP) is 6.08. The van der Waals surface area contributed by atoms with Crippen LogP contribution in [0.3, 0.4) is 0 Å². The van der Waals surface area contributed by atoms with Gasteiger partial charge in [0.2, 0.25) is 0 Å². The topological polar surface area (TPSA) is 103 Å². The largest absolute Gasteiger partial charge is 0.487 e. The molecule has 0 aliphatic rings. The van der Waals surface area contributed by atoms with E-state index in [2.05, 4.69) is 10.3 Å². The molecule has 0 aliphatic heterocycles. The molecule has 196 valence electrons. The van der Waals surface area contributed by atoms with Crippen LogP contribution in [-0.4, -0.2) is 11.9 Å². The zero-order valence-corrected chi connectivity index (χ0v) is 19.6. The molecule has 0 unspecified atom stereocenters. The fraction of sp³-hybridized carbons (Fsp3) is 0.200. The van der Waals surface area contributed by atoms with Crippen LogP contribution in [0.4, 0.5) is 37.7 Å². The maximum Gasteiger partial charge on any atom is 0.416 e. The van der Waals surface area contributed by atoms with Crippen LogP contribution in [-0.2, 0) is 19.0 Å². The van der Waals surface area contributed by atoms with Crippen molar-refractivity contribution in [2.45, 2.75) is 32.8 Å².